The zero-order chi connectivity index (χ0) is 18.2. The summed E-state index contributed by atoms with van der Waals surface area (Å²) in [5.41, 5.74) is -0.265. The first kappa shape index (κ1) is 18.1. The number of carbonyl (C=O) groups is 3. The van der Waals surface area contributed by atoms with Crippen molar-refractivity contribution in [3.05, 3.63) is 22.4 Å². The van der Waals surface area contributed by atoms with Gasteiger partial charge < -0.3 is 5.32 Å². The minimum atomic E-state index is -0.278. The van der Waals surface area contributed by atoms with Crippen LogP contribution in [0.4, 0.5) is 0 Å². The van der Waals surface area contributed by atoms with E-state index >= 15 is 0 Å². The minimum Gasteiger partial charge on any atom is -0.346 e. The van der Waals surface area contributed by atoms with Crippen LogP contribution in [0.2, 0.25) is 0 Å². The van der Waals surface area contributed by atoms with E-state index in [0.29, 0.717) is 12.8 Å². The lowest BCUT2D eigenvalue weighted by Crippen LogP contribution is -2.53. The fourth-order valence-electron chi connectivity index (χ4n) is 3.76. The topological polar surface area (TPSA) is 66.5 Å². The second-order valence-electron chi connectivity index (χ2n) is 8.46. The van der Waals surface area contributed by atoms with Gasteiger partial charge in [0.2, 0.25) is 17.7 Å². The van der Waals surface area contributed by atoms with Crippen molar-refractivity contribution in [1.29, 1.82) is 0 Å². The molecule has 1 saturated heterocycles. The number of nitrogens with zero attached hydrogens (tertiary/aromatic N) is 1. The van der Waals surface area contributed by atoms with Crippen LogP contribution in [0.3, 0.4) is 0 Å². The monoisotopic (exact) mass is 362 g/mol. The Balaban J connectivity index is 1.65. The molecule has 0 radical (unpaired) electrons. The molecule has 0 bridgehead atoms. The standard InChI is InChI=1S/C19H26N2O3S/c1-18(2,3)17(13-6-4-9-25-13)20-14(22)12-21-15(23)10-19(7-5-8-19)11-16(21)24/h4,6,9,17H,5,7-8,10-12H2,1-3H3,(H,20,22). The van der Waals surface area contributed by atoms with E-state index in [1.165, 1.54) is 0 Å². The maximum atomic E-state index is 12.5. The van der Waals surface area contributed by atoms with Crippen molar-refractivity contribution in [2.75, 3.05) is 6.54 Å². The number of thiophene rings is 1. The van der Waals surface area contributed by atoms with Gasteiger partial charge in [-0.25, -0.2) is 0 Å². The van der Waals surface area contributed by atoms with Gasteiger partial charge in [0.05, 0.1) is 6.04 Å². The van der Waals surface area contributed by atoms with Crippen molar-refractivity contribution in [1.82, 2.24) is 10.2 Å². The molecule has 1 aromatic heterocycles. The predicted octanol–water partition coefficient (Wildman–Crippen LogP) is 3.27. The number of nitrogens with one attached hydrogen (secondary N) is 1. The van der Waals surface area contributed by atoms with Gasteiger partial charge >= 0.3 is 0 Å². The molecule has 5 nitrogen and oxygen atoms in total. The van der Waals surface area contributed by atoms with Crippen LogP contribution in [-0.2, 0) is 14.4 Å². The predicted molar refractivity (Wildman–Crippen MR) is 96.9 cm³/mol. The quantitative estimate of drug-likeness (QED) is 0.836. The summed E-state index contributed by atoms with van der Waals surface area (Å²) in [6.07, 6.45) is 3.80. The Morgan fingerprint density at radius 2 is 1.92 bits per heavy atom. The van der Waals surface area contributed by atoms with Gasteiger partial charge in [-0.3, -0.25) is 19.3 Å². The first-order chi connectivity index (χ1) is 11.7. The van der Waals surface area contributed by atoms with E-state index in [-0.39, 0.29) is 41.1 Å². The molecule has 6 heteroatoms. The Morgan fingerprint density at radius 3 is 2.36 bits per heavy atom. The molecule has 2 aliphatic rings. The Kier molecular flexibility index (Phi) is 4.75. The van der Waals surface area contributed by atoms with Gasteiger partial charge in [0.25, 0.3) is 0 Å². The van der Waals surface area contributed by atoms with Gasteiger partial charge in [-0.15, -0.1) is 11.3 Å². The number of amides is 3. The highest BCUT2D eigenvalue weighted by Gasteiger charge is 2.47. The zero-order valence-corrected chi connectivity index (χ0v) is 15.9. The van der Waals surface area contributed by atoms with Crippen LogP contribution in [0.25, 0.3) is 0 Å². The van der Waals surface area contributed by atoms with Crippen LogP contribution in [0.15, 0.2) is 17.5 Å². The third-order valence-corrected chi connectivity index (χ3v) is 6.31. The molecular weight excluding hydrogens is 336 g/mol. The summed E-state index contributed by atoms with van der Waals surface area (Å²) in [6, 6.07) is 3.81. The second-order valence-corrected chi connectivity index (χ2v) is 9.44. The molecule has 1 spiro atoms. The second kappa shape index (κ2) is 6.56. The average molecular weight is 362 g/mol. The van der Waals surface area contributed by atoms with E-state index in [1.54, 1.807) is 11.3 Å². The molecule has 1 saturated carbocycles. The summed E-state index contributed by atoms with van der Waals surface area (Å²) < 4.78 is 0. The molecule has 136 valence electrons. The van der Waals surface area contributed by atoms with Crippen molar-refractivity contribution < 1.29 is 14.4 Å². The van der Waals surface area contributed by atoms with Crippen LogP contribution in [0.1, 0.15) is 63.8 Å². The van der Waals surface area contributed by atoms with Crippen LogP contribution in [-0.4, -0.2) is 29.2 Å². The lowest BCUT2D eigenvalue weighted by atomic mass is 9.63. The Labute approximate surface area is 152 Å². The normalized spacial score (nSPS) is 21.2. The summed E-state index contributed by atoms with van der Waals surface area (Å²) in [4.78, 5) is 39.5. The molecule has 2 heterocycles. The summed E-state index contributed by atoms with van der Waals surface area (Å²) in [5, 5.41) is 5.00. The third-order valence-electron chi connectivity index (χ3n) is 5.37. The summed E-state index contributed by atoms with van der Waals surface area (Å²) in [6.45, 7) is 6.02. The van der Waals surface area contributed by atoms with Gasteiger partial charge in [-0.1, -0.05) is 33.3 Å². The van der Waals surface area contributed by atoms with Crippen molar-refractivity contribution in [2.45, 2.75) is 58.9 Å². The molecule has 3 rings (SSSR count). The number of hydrogen-bond acceptors (Lipinski definition) is 4. The summed E-state index contributed by atoms with van der Waals surface area (Å²) in [5.74, 6) is -0.677. The molecule has 25 heavy (non-hydrogen) atoms. The van der Waals surface area contributed by atoms with E-state index < -0.39 is 0 Å². The van der Waals surface area contributed by atoms with Crippen molar-refractivity contribution in [3.63, 3.8) is 0 Å². The summed E-state index contributed by atoms with van der Waals surface area (Å²) >= 11 is 1.60. The van der Waals surface area contributed by atoms with E-state index in [4.69, 9.17) is 0 Å². The van der Waals surface area contributed by atoms with Crippen LogP contribution in [0, 0.1) is 10.8 Å². The molecular formula is C19H26N2O3S. The minimum absolute atomic E-state index is 0.105. The van der Waals surface area contributed by atoms with E-state index in [0.717, 1.165) is 29.0 Å². The van der Waals surface area contributed by atoms with Crippen LogP contribution < -0.4 is 5.32 Å². The van der Waals surface area contributed by atoms with Gasteiger partial charge in [0, 0.05) is 17.7 Å². The smallest absolute Gasteiger partial charge is 0.240 e. The van der Waals surface area contributed by atoms with E-state index in [1.807, 2.05) is 17.5 Å². The van der Waals surface area contributed by atoms with Crippen molar-refractivity contribution >= 4 is 29.1 Å². The first-order valence-corrected chi connectivity index (χ1v) is 9.74. The molecule has 1 aliphatic carbocycles. The van der Waals surface area contributed by atoms with Crippen molar-refractivity contribution in [2.24, 2.45) is 10.8 Å². The maximum Gasteiger partial charge on any atom is 0.240 e. The van der Waals surface area contributed by atoms with Gasteiger partial charge in [-0.2, -0.15) is 0 Å². The molecule has 1 unspecified atom stereocenters. The average Bonchev–Trinajstić information content (AvgIpc) is 2.99. The number of imide groups is 1. The van der Waals surface area contributed by atoms with Crippen molar-refractivity contribution in [3.8, 4) is 0 Å². The number of rotatable bonds is 4. The molecule has 2 fully saturated rings. The van der Waals surface area contributed by atoms with Crippen LogP contribution >= 0.6 is 11.3 Å². The molecule has 1 aliphatic heterocycles. The van der Waals surface area contributed by atoms with E-state index in [2.05, 4.69) is 26.1 Å². The Hall–Kier alpha value is -1.69. The number of likely N-dealkylation sites (tertiary alicyclic amines) is 1. The molecule has 1 N–H and O–H groups in total. The number of piperidine rings is 1. The highest BCUT2D eigenvalue weighted by molar-refractivity contribution is 7.10. The number of hydrogen-bond donors (Lipinski definition) is 1. The zero-order valence-electron chi connectivity index (χ0n) is 15.1. The highest BCUT2D eigenvalue weighted by Crippen LogP contribution is 2.49. The fraction of sp³-hybridized carbons (Fsp3) is 0.632. The third kappa shape index (κ3) is 3.78. The van der Waals surface area contributed by atoms with E-state index in [9.17, 15) is 14.4 Å². The molecule has 1 atom stereocenters. The molecule has 1 aromatic rings. The van der Waals surface area contributed by atoms with Crippen LogP contribution in [0.5, 0.6) is 0 Å². The Morgan fingerprint density at radius 1 is 1.28 bits per heavy atom. The number of carbonyl (C=O) groups excluding carboxylic acids is 3. The lowest BCUT2D eigenvalue weighted by molar-refractivity contribution is -0.158. The molecule has 3 amide bonds. The van der Waals surface area contributed by atoms with Gasteiger partial charge in [-0.05, 0) is 35.1 Å². The van der Waals surface area contributed by atoms with Gasteiger partial charge in [0.1, 0.15) is 6.54 Å². The summed E-state index contributed by atoms with van der Waals surface area (Å²) in [7, 11) is 0. The van der Waals surface area contributed by atoms with Gasteiger partial charge in [0.15, 0.2) is 0 Å². The molecule has 0 aromatic carbocycles. The largest absolute Gasteiger partial charge is 0.346 e. The lowest BCUT2D eigenvalue weighted by Gasteiger charge is -2.46. The first-order valence-electron chi connectivity index (χ1n) is 8.86. The fourth-order valence-corrected chi connectivity index (χ4v) is 4.78. The maximum absolute atomic E-state index is 12.5. The SMILES string of the molecule is CC(C)(C)C(NC(=O)CN1C(=O)CC2(CCC2)CC1=O)c1cccs1. The highest BCUT2D eigenvalue weighted by atomic mass is 32.1. The Bertz CT molecular complexity index is 651.